The maximum absolute atomic E-state index is 6.20. The number of aromatic nitrogens is 2. The van der Waals surface area contributed by atoms with Crippen molar-refractivity contribution in [3.63, 3.8) is 0 Å². The molecule has 0 aliphatic carbocycles. The molecule has 0 saturated carbocycles. The van der Waals surface area contributed by atoms with E-state index in [-0.39, 0.29) is 0 Å². The molecule has 0 fully saturated rings. The third kappa shape index (κ3) is 2.47. The summed E-state index contributed by atoms with van der Waals surface area (Å²) >= 11 is 11.8. The topological polar surface area (TPSA) is 8.81 Å². The fraction of sp³-hybridized carbons (Fsp3) is 0. The second kappa shape index (κ2) is 5.35. The lowest BCUT2D eigenvalue weighted by Gasteiger charge is -2.10. The van der Waals surface area contributed by atoms with E-state index in [1.807, 2.05) is 70.1 Å². The minimum atomic E-state index is 0.606. The summed E-state index contributed by atoms with van der Waals surface area (Å²) in [7, 11) is 6.20. The monoisotopic (exact) mass is 299 g/mol. The van der Waals surface area contributed by atoms with Gasteiger partial charge in [-0.3, -0.25) is 0 Å². The van der Waals surface area contributed by atoms with E-state index in [0.29, 0.717) is 15.8 Å². The van der Waals surface area contributed by atoms with Crippen LogP contribution >= 0.6 is 23.2 Å². The zero-order chi connectivity index (χ0) is 14.1. The molecule has 1 aromatic heterocycles. The molecule has 0 unspecified atom stereocenters. The van der Waals surface area contributed by atoms with E-state index >= 15 is 0 Å². The van der Waals surface area contributed by atoms with Crippen LogP contribution in [0.3, 0.4) is 0 Å². The average molecular weight is 300 g/mol. The van der Waals surface area contributed by atoms with Gasteiger partial charge in [-0.1, -0.05) is 23.2 Å². The molecule has 5 heteroatoms. The van der Waals surface area contributed by atoms with E-state index in [4.69, 9.17) is 31.0 Å². The molecule has 0 amide bonds. The van der Waals surface area contributed by atoms with Crippen LogP contribution in [0.15, 0.2) is 60.9 Å². The highest BCUT2D eigenvalue weighted by Gasteiger charge is 2.08. The van der Waals surface area contributed by atoms with Gasteiger partial charge in [-0.25, -0.2) is 9.13 Å². The van der Waals surface area contributed by atoms with Crippen molar-refractivity contribution >= 4 is 36.8 Å². The molecule has 0 N–H and O–H groups in total. The van der Waals surface area contributed by atoms with Crippen LogP contribution in [-0.2, 0) is 0 Å². The van der Waals surface area contributed by atoms with Gasteiger partial charge in [0.25, 0.3) is 0 Å². The number of benzene rings is 2. The van der Waals surface area contributed by atoms with E-state index in [2.05, 4.69) is 0 Å². The van der Waals surface area contributed by atoms with Gasteiger partial charge < -0.3 is 7.85 Å². The molecule has 97 valence electrons. The molecule has 0 spiro atoms. The van der Waals surface area contributed by atoms with Gasteiger partial charge in [-0.2, -0.15) is 0 Å². The second-order valence-electron chi connectivity index (χ2n) is 4.35. The van der Waals surface area contributed by atoms with Gasteiger partial charge in [0.15, 0.2) is 0 Å². The van der Waals surface area contributed by atoms with Crippen molar-refractivity contribution in [2.45, 2.75) is 0 Å². The Morgan fingerprint density at radius 2 is 1.40 bits per heavy atom. The molecule has 0 saturated heterocycles. The Kier molecular flexibility index (Phi) is 3.55. The van der Waals surface area contributed by atoms with Crippen LogP contribution in [0.2, 0.25) is 10.0 Å². The molecule has 3 aromatic rings. The highest BCUT2D eigenvalue weighted by Crippen LogP contribution is 2.13. The van der Waals surface area contributed by atoms with E-state index in [1.165, 1.54) is 0 Å². The first-order valence-corrected chi connectivity index (χ1v) is 6.81. The molecule has 3 radical (unpaired) electrons. The van der Waals surface area contributed by atoms with Crippen LogP contribution in [-0.4, -0.2) is 12.4 Å². The van der Waals surface area contributed by atoms with Crippen LogP contribution in [0, 0.1) is 0 Å². The zero-order valence-electron chi connectivity index (χ0n) is 10.5. The second-order valence-corrected chi connectivity index (χ2v) is 5.22. The number of hydrogen-bond acceptors (Lipinski definition) is 0. The first-order valence-electron chi connectivity index (χ1n) is 6.05. The molecule has 2 nitrogen and oxygen atoms in total. The van der Waals surface area contributed by atoms with E-state index in [1.54, 1.807) is 0 Å². The summed E-state index contributed by atoms with van der Waals surface area (Å²) < 4.78 is 3.79. The first-order chi connectivity index (χ1) is 9.65. The summed E-state index contributed by atoms with van der Waals surface area (Å²) in [5.41, 5.74) is 2.52. The quantitative estimate of drug-likeness (QED) is 0.508. The van der Waals surface area contributed by atoms with Gasteiger partial charge >= 0.3 is 0 Å². The van der Waals surface area contributed by atoms with E-state index in [9.17, 15) is 0 Å². The minimum absolute atomic E-state index is 0.606. The Labute approximate surface area is 128 Å². The highest BCUT2D eigenvalue weighted by molar-refractivity contribution is 6.31. The third-order valence-electron chi connectivity index (χ3n) is 3.07. The standard InChI is InChI=1S/C15H10BCl2N2/c16-15-19(13-5-1-11(17)2-6-13)9-10-20(15)14-7-3-12(18)4-8-14/h1-10H. The molecular weight excluding hydrogens is 290 g/mol. The van der Waals surface area contributed by atoms with E-state index in [0.717, 1.165) is 11.4 Å². The predicted molar refractivity (Wildman–Crippen MR) is 82.7 cm³/mol. The molecule has 2 aromatic carbocycles. The smallest absolute Gasteiger partial charge is 0.131 e. The molecule has 0 aliphatic heterocycles. The molecule has 1 heterocycles. The van der Waals surface area contributed by atoms with Crippen molar-refractivity contribution in [2.75, 3.05) is 0 Å². The fourth-order valence-corrected chi connectivity index (χ4v) is 2.29. The SMILES string of the molecule is [B-]c1n(-c2ccc(Cl)cc2)cc[n+]1-c1ccc(Cl)cc1. The molecule has 3 rings (SSSR count). The predicted octanol–water partition coefficient (Wildman–Crippen LogP) is 2.85. The van der Waals surface area contributed by atoms with Crippen molar-refractivity contribution in [3.05, 3.63) is 71.0 Å². The number of imidazole rings is 1. The lowest BCUT2D eigenvalue weighted by molar-refractivity contribution is -0.575. The molecular formula is C15H10BCl2N2. The summed E-state index contributed by atoms with van der Waals surface area (Å²) in [5.74, 6) is 0. The summed E-state index contributed by atoms with van der Waals surface area (Å²) in [6.45, 7) is 0. The van der Waals surface area contributed by atoms with Gasteiger partial charge in [0.2, 0.25) is 0 Å². The first kappa shape index (κ1) is 13.3. The largest absolute Gasteiger partial charge is 0.457 e. The van der Waals surface area contributed by atoms with Gasteiger partial charge in [0.05, 0.1) is 0 Å². The summed E-state index contributed by atoms with van der Waals surface area (Å²) in [6, 6.07) is 15.0. The van der Waals surface area contributed by atoms with Crippen LogP contribution in [0.25, 0.3) is 11.4 Å². The Morgan fingerprint density at radius 1 is 0.850 bits per heavy atom. The Balaban J connectivity index is 2.04. The van der Waals surface area contributed by atoms with Crippen molar-refractivity contribution in [1.82, 2.24) is 4.57 Å². The van der Waals surface area contributed by atoms with Crippen molar-refractivity contribution in [3.8, 4) is 11.4 Å². The number of rotatable bonds is 2. The molecule has 0 atom stereocenters. The Hall–Kier alpha value is -1.71. The number of nitrogens with zero attached hydrogens (tertiary/aromatic N) is 2. The number of hydrogen-bond donors (Lipinski definition) is 0. The fourth-order valence-electron chi connectivity index (χ4n) is 2.04. The van der Waals surface area contributed by atoms with Crippen LogP contribution in [0.1, 0.15) is 0 Å². The summed E-state index contributed by atoms with van der Waals surface area (Å²) in [5, 5.41) is 1.40. The normalized spacial score (nSPS) is 10.8. The van der Waals surface area contributed by atoms with Gasteiger partial charge in [0.1, 0.15) is 23.8 Å². The maximum Gasteiger partial charge on any atom is 0.131 e. The minimum Gasteiger partial charge on any atom is -0.457 e. The van der Waals surface area contributed by atoms with Crippen LogP contribution in [0.5, 0.6) is 0 Å². The zero-order valence-corrected chi connectivity index (χ0v) is 12.0. The van der Waals surface area contributed by atoms with Crippen LogP contribution in [0.4, 0.5) is 0 Å². The van der Waals surface area contributed by atoms with Gasteiger partial charge in [0, 0.05) is 10.0 Å². The van der Waals surface area contributed by atoms with Crippen molar-refractivity contribution < 1.29 is 4.57 Å². The van der Waals surface area contributed by atoms with Crippen molar-refractivity contribution in [1.29, 1.82) is 0 Å². The molecule has 20 heavy (non-hydrogen) atoms. The lowest BCUT2D eigenvalue weighted by Crippen LogP contribution is -2.47. The molecule has 0 aliphatic rings. The van der Waals surface area contributed by atoms with Crippen molar-refractivity contribution in [2.24, 2.45) is 0 Å². The van der Waals surface area contributed by atoms with E-state index < -0.39 is 0 Å². The maximum atomic E-state index is 6.20. The number of halogens is 2. The Bertz CT molecular complexity index is 671. The third-order valence-corrected chi connectivity index (χ3v) is 3.57. The van der Waals surface area contributed by atoms with Gasteiger partial charge in [-0.15, -0.1) is 0 Å². The average Bonchev–Trinajstić information content (AvgIpc) is 2.83. The summed E-state index contributed by atoms with van der Waals surface area (Å²) in [6.07, 6.45) is 3.82. The van der Waals surface area contributed by atoms with Crippen LogP contribution < -0.4 is 10.3 Å². The lowest BCUT2D eigenvalue weighted by atomic mass is 10.1. The Morgan fingerprint density at radius 3 is 2.00 bits per heavy atom. The summed E-state index contributed by atoms with van der Waals surface area (Å²) in [4.78, 5) is 0. The highest BCUT2D eigenvalue weighted by atomic mass is 35.5. The van der Waals surface area contributed by atoms with Gasteiger partial charge in [-0.05, 0) is 54.3 Å². The molecule has 0 bridgehead atoms.